The maximum Gasteiger partial charge on any atom is 0.0714 e. The highest BCUT2D eigenvalue weighted by Crippen LogP contribution is 2.60. The molecule has 4 heteroatoms. The van der Waals surface area contributed by atoms with E-state index in [1.165, 1.54) is 188 Å². The lowest BCUT2D eigenvalue weighted by molar-refractivity contribution is 0.768. The molecule has 2 heterocycles. The van der Waals surface area contributed by atoms with Crippen LogP contribution in [0.25, 0.3) is 149 Å². The van der Waals surface area contributed by atoms with Crippen molar-refractivity contribution in [3.8, 4) is 94.7 Å². The molecular formula is C134H94N4. The van der Waals surface area contributed by atoms with Crippen molar-refractivity contribution in [3.05, 3.63) is 584 Å². The molecule has 4 nitrogen and oxygen atoms in total. The van der Waals surface area contributed by atoms with Crippen LogP contribution in [-0.2, 0) is 17.4 Å². The van der Waals surface area contributed by atoms with Crippen LogP contribution in [-0.4, -0.2) is 9.13 Å². The van der Waals surface area contributed by atoms with Gasteiger partial charge in [-0.3, -0.25) is 0 Å². The van der Waals surface area contributed by atoms with Crippen molar-refractivity contribution in [1.82, 2.24) is 9.13 Å². The molecule has 0 radical (unpaired) electrons. The molecule has 0 amide bonds. The molecule has 24 aromatic rings. The Morgan fingerprint density at radius 2 is 0.464 bits per heavy atom. The molecule has 0 saturated carbocycles. The van der Waals surface area contributed by atoms with Gasteiger partial charge in [-0.25, -0.2) is 0 Å². The fraction of sp³-hybridized carbons (Fsp3) is 0.0299. The van der Waals surface area contributed by atoms with Crippen LogP contribution in [0.15, 0.2) is 540 Å². The molecule has 0 unspecified atom stereocenters. The highest BCUT2D eigenvalue weighted by Gasteiger charge is 2.48. The highest BCUT2D eigenvalue weighted by molar-refractivity contribution is 6.12. The highest BCUT2D eigenvalue weighted by atomic mass is 15.1. The van der Waals surface area contributed by atoms with E-state index in [2.05, 4.69) is 566 Å². The van der Waals surface area contributed by atoms with Crippen molar-refractivity contribution in [1.29, 1.82) is 0 Å². The van der Waals surface area contributed by atoms with Gasteiger partial charge < -0.3 is 18.9 Å². The molecule has 22 aromatic carbocycles. The van der Waals surface area contributed by atoms with Crippen molar-refractivity contribution in [2.24, 2.45) is 0 Å². The number of rotatable bonds is 18. The van der Waals surface area contributed by atoms with Crippen molar-refractivity contribution in [3.63, 3.8) is 0 Å². The summed E-state index contributed by atoms with van der Waals surface area (Å²) in [6.07, 6.45) is 0. The van der Waals surface area contributed by atoms with Crippen LogP contribution in [0.5, 0.6) is 0 Å². The first-order valence-electron chi connectivity index (χ1n) is 48.0. The van der Waals surface area contributed by atoms with Gasteiger partial charge in [-0.1, -0.05) is 425 Å². The first-order valence-corrected chi connectivity index (χ1v) is 48.0. The second-order valence-electron chi connectivity index (χ2n) is 36.3. The smallest absolute Gasteiger partial charge is 0.0714 e. The lowest BCUT2D eigenvalue weighted by Crippen LogP contribution is -2.28. The molecule has 0 N–H and O–H groups in total. The predicted octanol–water partition coefficient (Wildman–Crippen LogP) is 35.4. The molecule has 138 heavy (non-hydrogen) atoms. The zero-order valence-electron chi connectivity index (χ0n) is 76.4. The minimum Gasteiger partial charge on any atom is -0.341 e. The summed E-state index contributed by atoms with van der Waals surface area (Å²) >= 11 is 0. The van der Waals surface area contributed by atoms with Crippen LogP contribution in [0, 0.1) is 0 Å². The third kappa shape index (κ3) is 14.0. The Morgan fingerprint density at radius 3 is 0.899 bits per heavy atom. The SMILES string of the molecule is CCn1c2ccccc2c2ccc(-c3cccc(-c4ccc(N(c5ccc(-c6ccccc6)cc5)c5ccc6c(c5)C(c5ccccc5)(c5ccccc5)c5ccccc5-6)cc4)c3)cc21.c1ccc(-c2ccc(N(c3ccc(-c4cccc(-c5ccc6c7ccccc7n(-c7cccc8ccccc78)c6c5)c4)cc3)c3ccc4c(c3)C(c3ccccc3)(c3ccccc3)c3ccccc3-4)cc2)cc1. The van der Waals surface area contributed by atoms with Gasteiger partial charge in [0.2, 0.25) is 0 Å². The van der Waals surface area contributed by atoms with E-state index in [1.807, 2.05) is 0 Å². The second kappa shape index (κ2) is 34.7. The Hall–Kier alpha value is -17.7. The van der Waals surface area contributed by atoms with Crippen molar-refractivity contribution in [2.45, 2.75) is 24.3 Å². The van der Waals surface area contributed by atoms with Crippen LogP contribution in [0.4, 0.5) is 34.1 Å². The number of nitrogens with zero attached hydrogens (tertiary/aromatic N) is 4. The number of anilines is 6. The lowest BCUT2D eigenvalue weighted by atomic mass is 9.67. The quantitative estimate of drug-likeness (QED) is 0.0851. The third-order valence-electron chi connectivity index (χ3n) is 28.9. The van der Waals surface area contributed by atoms with Crippen molar-refractivity contribution in [2.75, 3.05) is 9.80 Å². The third-order valence-corrected chi connectivity index (χ3v) is 28.9. The van der Waals surface area contributed by atoms with E-state index in [1.54, 1.807) is 0 Å². The summed E-state index contributed by atoms with van der Waals surface area (Å²) in [5, 5.41) is 7.58. The predicted molar refractivity (Wildman–Crippen MR) is 580 cm³/mol. The van der Waals surface area contributed by atoms with E-state index in [9.17, 15) is 0 Å². The standard InChI is InChI=1S/C71H48N2.C63H46N2/c1-4-18-49(19-5-1)50-34-39-58(40-35-50)72(60-43-45-63-62-29-12-14-31-66(62)71(67(63)48-60,56-24-6-2-7-25-56)57-26-8-3-9-27-57)59-41-36-51(37-42-59)53-22-16-23-54(46-53)55-38-44-65-64-30-13-15-32-69(64)73(70(65)47-55)68-33-17-21-52-20-10-11-28-61(52)68;1-2-64-61-28-15-13-26-57(61)58-39-33-49(42-62(58)64)48-20-16-19-47(41-48)46-31-36-53(37-32-46)65(52-34-29-45(30-35-52)44-17-6-3-7-18-44)54-38-40-56-55-25-12-14-27-59(55)63(60(56)43-54,50-21-8-4-9-22-50)51-23-10-5-11-24-51/h1-48H;3-43H,2H2,1H3. The topological polar surface area (TPSA) is 16.3 Å². The maximum atomic E-state index is 2.45. The zero-order chi connectivity index (χ0) is 91.6. The van der Waals surface area contributed by atoms with Crippen LogP contribution in [0.2, 0.25) is 0 Å². The monoisotopic (exact) mass is 1760 g/mol. The summed E-state index contributed by atoms with van der Waals surface area (Å²) in [4.78, 5) is 4.84. The molecule has 26 rings (SSSR count). The average molecular weight is 1760 g/mol. The zero-order valence-corrected chi connectivity index (χ0v) is 76.4. The molecule has 2 aliphatic carbocycles. The minimum absolute atomic E-state index is 0.500. The van der Waals surface area contributed by atoms with Crippen LogP contribution in [0.1, 0.15) is 51.4 Å². The Bertz CT molecular complexity index is 8600. The number of para-hydroxylation sites is 2. The van der Waals surface area contributed by atoms with Crippen LogP contribution < -0.4 is 9.80 Å². The summed E-state index contributed by atoms with van der Waals surface area (Å²) < 4.78 is 4.88. The van der Waals surface area contributed by atoms with Gasteiger partial charge in [0.25, 0.3) is 0 Å². The molecule has 0 spiro atoms. The lowest BCUT2D eigenvalue weighted by Gasteiger charge is -2.35. The van der Waals surface area contributed by atoms with Crippen LogP contribution in [0.3, 0.4) is 0 Å². The van der Waals surface area contributed by atoms with E-state index in [-0.39, 0.29) is 0 Å². The molecule has 0 bridgehead atoms. The number of fused-ring (bicyclic) bond motifs is 13. The Balaban J connectivity index is 0.000000147. The van der Waals surface area contributed by atoms with Crippen molar-refractivity contribution >= 4 is 88.5 Å². The van der Waals surface area contributed by atoms with Gasteiger partial charge in [0.15, 0.2) is 0 Å². The first kappa shape index (κ1) is 82.2. The second-order valence-corrected chi connectivity index (χ2v) is 36.3. The van der Waals surface area contributed by atoms with E-state index >= 15 is 0 Å². The van der Waals surface area contributed by atoms with Gasteiger partial charge in [-0.2, -0.15) is 0 Å². The fourth-order valence-electron chi connectivity index (χ4n) is 22.6. The fourth-order valence-corrected chi connectivity index (χ4v) is 22.6. The van der Waals surface area contributed by atoms with Crippen molar-refractivity contribution < 1.29 is 0 Å². The average Bonchev–Trinajstić information content (AvgIpc) is 1.53. The maximum absolute atomic E-state index is 2.45. The Morgan fingerprint density at radius 1 is 0.181 bits per heavy atom. The molecule has 2 aliphatic rings. The molecule has 0 fully saturated rings. The summed E-state index contributed by atoms with van der Waals surface area (Å²) in [7, 11) is 0. The summed E-state index contributed by atoms with van der Waals surface area (Å²) in [5.41, 5.74) is 41.2. The summed E-state index contributed by atoms with van der Waals surface area (Å²) in [6, 6.07) is 199. The molecule has 650 valence electrons. The van der Waals surface area contributed by atoms with Crippen LogP contribution >= 0.6 is 0 Å². The molecule has 2 aromatic heterocycles. The van der Waals surface area contributed by atoms with E-state index in [0.717, 1.165) is 46.2 Å². The molecule has 0 atom stereocenters. The number of hydrogen-bond acceptors (Lipinski definition) is 2. The minimum atomic E-state index is -0.515. The van der Waals surface area contributed by atoms with Gasteiger partial charge in [-0.15, -0.1) is 0 Å². The van der Waals surface area contributed by atoms with E-state index in [0.29, 0.717) is 0 Å². The number of benzene rings is 22. The Labute approximate surface area is 805 Å². The number of aryl methyl sites for hydroxylation is 1. The first-order chi connectivity index (χ1) is 68.4. The summed E-state index contributed by atoms with van der Waals surface area (Å²) in [5.74, 6) is 0. The van der Waals surface area contributed by atoms with E-state index in [4.69, 9.17) is 0 Å². The van der Waals surface area contributed by atoms with Gasteiger partial charge >= 0.3 is 0 Å². The summed E-state index contributed by atoms with van der Waals surface area (Å²) in [6.45, 7) is 3.16. The number of aromatic nitrogens is 2. The normalized spacial score (nSPS) is 12.5. The van der Waals surface area contributed by atoms with E-state index < -0.39 is 10.8 Å². The molecular weight excluding hydrogens is 1670 g/mol. The Kier molecular flexibility index (Phi) is 20.7. The molecule has 0 saturated heterocycles. The largest absolute Gasteiger partial charge is 0.341 e. The van der Waals surface area contributed by atoms with Gasteiger partial charge in [0, 0.05) is 78.6 Å². The molecule has 0 aliphatic heterocycles. The van der Waals surface area contributed by atoms with Gasteiger partial charge in [-0.05, 0) is 261 Å². The van der Waals surface area contributed by atoms with Gasteiger partial charge in [0.1, 0.15) is 0 Å². The van der Waals surface area contributed by atoms with Gasteiger partial charge in [0.05, 0.1) is 27.6 Å². The number of hydrogen-bond donors (Lipinski definition) is 0.